The number of ether oxygens (including phenoxy) is 2. The minimum absolute atomic E-state index is 0.0295. The van der Waals surface area contributed by atoms with Gasteiger partial charge in [-0.05, 0) is 48.8 Å². The van der Waals surface area contributed by atoms with Crippen LogP contribution in [0.4, 0.5) is 5.95 Å². The van der Waals surface area contributed by atoms with Crippen molar-refractivity contribution in [2.24, 2.45) is 0 Å². The molecule has 0 fully saturated rings. The van der Waals surface area contributed by atoms with E-state index < -0.39 is 0 Å². The monoisotopic (exact) mass is 352 g/mol. The van der Waals surface area contributed by atoms with Crippen LogP contribution in [0.15, 0.2) is 28.7 Å². The highest BCUT2D eigenvalue weighted by Crippen LogP contribution is 2.28. The number of aromatic nitrogens is 3. The molecule has 0 saturated heterocycles. The Bertz CT molecular complexity index is 607. The number of rotatable bonds is 6. The highest BCUT2D eigenvalue weighted by molar-refractivity contribution is 9.10. The van der Waals surface area contributed by atoms with E-state index in [-0.39, 0.29) is 18.1 Å². The molecule has 112 valence electrons. The highest BCUT2D eigenvalue weighted by Gasteiger charge is 2.11. The summed E-state index contributed by atoms with van der Waals surface area (Å²) in [6.07, 6.45) is -0.0295. The van der Waals surface area contributed by atoms with Crippen molar-refractivity contribution in [3.8, 4) is 17.8 Å². The molecule has 1 aromatic heterocycles. The average Bonchev–Trinajstić information content (AvgIpc) is 2.41. The standard InChI is InChI=1S/C14H17BrN4O2/c1-4-16-12-17-13(20-9(2)3)19-14(18-12)21-11-8-6-5-7-10(11)15/h5-9H,4H2,1-3H3,(H,16,17,18,19). The predicted molar refractivity (Wildman–Crippen MR) is 84.0 cm³/mol. The zero-order valence-corrected chi connectivity index (χ0v) is 13.7. The van der Waals surface area contributed by atoms with Crippen molar-refractivity contribution in [2.75, 3.05) is 11.9 Å². The van der Waals surface area contributed by atoms with Crippen LogP contribution in [0.2, 0.25) is 0 Å². The number of hydrogen-bond donors (Lipinski definition) is 1. The molecule has 7 heteroatoms. The van der Waals surface area contributed by atoms with E-state index in [1.807, 2.05) is 45.0 Å². The van der Waals surface area contributed by atoms with Crippen molar-refractivity contribution in [1.82, 2.24) is 15.0 Å². The summed E-state index contributed by atoms with van der Waals surface area (Å²) in [7, 11) is 0. The second-order valence-electron chi connectivity index (χ2n) is 4.45. The van der Waals surface area contributed by atoms with Crippen molar-refractivity contribution < 1.29 is 9.47 Å². The zero-order valence-electron chi connectivity index (χ0n) is 12.1. The summed E-state index contributed by atoms with van der Waals surface area (Å²) in [6.45, 7) is 6.47. The summed E-state index contributed by atoms with van der Waals surface area (Å²) >= 11 is 3.42. The molecule has 1 heterocycles. The summed E-state index contributed by atoms with van der Waals surface area (Å²) in [4.78, 5) is 12.6. The fourth-order valence-electron chi connectivity index (χ4n) is 1.51. The zero-order chi connectivity index (χ0) is 15.2. The van der Waals surface area contributed by atoms with E-state index in [0.29, 0.717) is 18.2 Å². The molecule has 0 bridgehead atoms. The molecule has 0 radical (unpaired) electrons. The Hall–Kier alpha value is -1.89. The number of benzene rings is 1. The lowest BCUT2D eigenvalue weighted by Crippen LogP contribution is -2.12. The Labute approximate surface area is 132 Å². The molecule has 0 amide bonds. The molecule has 21 heavy (non-hydrogen) atoms. The number of halogens is 1. The lowest BCUT2D eigenvalue weighted by Gasteiger charge is -2.11. The molecule has 0 aliphatic rings. The van der Waals surface area contributed by atoms with E-state index in [1.54, 1.807) is 0 Å². The van der Waals surface area contributed by atoms with Crippen LogP contribution in [0, 0.1) is 0 Å². The first kappa shape index (κ1) is 15.5. The number of nitrogens with zero attached hydrogens (tertiary/aromatic N) is 3. The van der Waals surface area contributed by atoms with Gasteiger partial charge in [0.05, 0.1) is 10.6 Å². The van der Waals surface area contributed by atoms with Gasteiger partial charge in [-0.25, -0.2) is 0 Å². The molecule has 0 spiro atoms. The van der Waals surface area contributed by atoms with E-state index in [9.17, 15) is 0 Å². The summed E-state index contributed by atoms with van der Waals surface area (Å²) in [5.41, 5.74) is 0. The first-order valence-electron chi connectivity index (χ1n) is 6.67. The Morgan fingerprint density at radius 2 is 1.86 bits per heavy atom. The van der Waals surface area contributed by atoms with Gasteiger partial charge in [0.1, 0.15) is 5.75 Å². The SMILES string of the molecule is CCNc1nc(Oc2ccccc2Br)nc(OC(C)C)n1. The summed E-state index contributed by atoms with van der Waals surface area (Å²) in [5, 5.41) is 3.03. The minimum atomic E-state index is -0.0295. The maximum atomic E-state index is 5.69. The summed E-state index contributed by atoms with van der Waals surface area (Å²) < 4.78 is 12.0. The van der Waals surface area contributed by atoms with E-state index in [1.165, 1.54) is 0 Å². The second kappa shape index (κ2) is 7.21. The third-order valence-corrected chi connectivity index (χ3v) is 2.96. The second-order valence-corrected chi connectivity index (χ2v) is 5.31. The first-order valence-corrected chi connectivity index (χ1v) is 7.46. The molecule has 0 saturated carbocycles. The van der Waals surface area contributed by atoms with Crippen LogP contribution in [0.5, 0.6) is 17.8 Å². The molecular formula is C14H17BrN4O2. The maximum Gasteiger partial charge on any atom is 0.330 e. The van der Waals surface area contributed by atoms with Gasteiger partial charge in [0.25, 0.3) is 0 Å². The lowest BCUT2D eigenvalue weighted by molar-refractivity contribution is 0.218. The molecule has 0 atom stereocenters. The molecule has 6 nitrogen and oxygen atoms in total. The van der Waals surface area contributed by atoms with Crippen molar-refractivity contribution >= 4 is 21.9 Å². The van der Waals surface area contributed by atoms with Gasteiger partial charge in [-0.15, -0.1) is 4.98 Å². The van der Waals surface area contributed by atoms with Gasteiger partial charge in [0, 0.05) is 6.54 Å². The Kier molecular flexibility index (Phi) is 5.32. The number of hydrogen-bond acceptors (Lipinski definition) is 6. The summed E-state index contributed by atoms with van der Waals surface area (Å²) in [5.74, 6) is 1.05. The lowest BCUT2D eigenvalue weighted by atomic mass is 10.3. The van der Waals surface area contributed by atoms with Crippen LogP contribution in [0.1, 0.15) is 20.8 Å². The third kappa shape index (κ3) is 4.56. The molecule has 2 aromatic rings. The Morgan fingerprint density at radius 3 is 2.52 bits per heavy atom. The van der Waals surface area contributed by atoms with E-state index in [4.69, 9.17) is 9.47 Å². The van der Waals surface area contributed by atoms with Crippen LogP contribution in [0.3, 0.4) is 0 Å². The molecular weight excluding hydrogens is 336 g/mol. The van der Waals surface area contributed by atoms with Crippen molar-refractivity contribution in [2.45, 2.75) is 26.9 Å². The van der Waals surface area contributed by atoms with Crippen LogP contribution in [-0.2, 0) is 0 Å². The van der Waals surface area contributed by atoms with Crippen LogP contribution in [-0.4, -0.2) is 27.6 Å². The van der Waals surface area contributed by atoms with Gasteiger partial charge in [-0.2, -0.15) is 9.97 Å². The topological polar surface area (TPSA) is 69.2 Å². The fourth-order valence-corrected chi connectivity index (χ4v) is 1.88. The highest BCUT2D eigenvalue weighted by atomic mass is 79.9. The quantitative estimate of drug-likeness (QED) is 0.855. The van der Waals surface area contributed by atoms with Gasteiger partial charge in [0.15, 0.2) is 0 Å². The fraction of sp³-hybridized carbons (Fsp3) is 0.357. The van der Waals surface area contributed by atoms with Gasteiger partial charge >= 0.3 is 12.0 Å². The predicted octanol–water partition coefficient (Wildman–Crippen LogP) is 3.65. The number of nitrogens with one attached hydrogen (secondary N) is 1. The smallest absolute Gasteiger partial charge is 0.330 e. The van der Waals surface area contributed by atoms with E-state index >= 15 is 0 Å². The molecule has 2 rings (SSSR count). The number of para-hydroxylation sites is 1. The van der Waals surface area contributed by atoms with Gasteiger partial charge in [-0.1, -0.05) is 12.1 Å². The van der Waals surface area contributed by atoms with Crippen LogP contribution < -0.4 is 14.8 Å². The molecule has 0 aliphatic carbocycles. The largest absolute Gasteiger partial charge is 0.461 e. The van der Waals surface area contributed by atoms with E-state index in [0.717, 1.165) is 4.47 Å². The summed E-state index contributed by atoms with van der Waals surface area (Å²) in [6, 6.07) is 7.90. The molecule has 0 unspecified atom stereocenters. The van der Waals surface area contributed by atoms with E-state index in [2.05, 4.69) is 36.2 Å². The van der Waals surface area contributed by atoms with Gasteiger partial charge in [0.2, 0.25) is 5.95 Å². The molecule has 0 aliphatic heterocycles. The molecule has 1 aromatic carbocycles. The third-order valence-electron chi connectivity index (χ3n) is 2.31. The Morgan fingerprint density at radius 1 is 1.14 bits per heavy atom. The minimum Gasteiger partial charge on any atom is -0.461 e. The van der Waals surface area contributed by atoms with Crippen LogP contribution in [0.25, 0.3) is 0 Å². The maximum absolute atomic E-state index is 5.69. The average molecular weight is 353 g/mol. The normalized spacial score (nSPS) is 10.5. The number of anilines is 1. The van der Waals surface area contributed by atoms with Crippen molar-refractivity contribution in [3.05, 3.63) is 28.7 Å². The Balaban J connectivity index is 2.29. The first-order chi connectivity index (χ1) is 10.1. The van der Waals surface area contributed by atoms with Crippen molar-refractivity contribution in [1.29, 1.82) is 0 Å². The molecule has 1 N–H and O–H groups in total. The van der Waals surface area contributed by atoms with Gasteiger partial charge < -0.3 is 14.8 Å². The van der Waals surface area contributed by atoms with Crippen molar-refractivity contribution in [3.63, 3.8) is 0 Å². The van der Waals surface area contributed by atoms with Gasteiger partial charge in [-0.3, -0.25) is 0 Å². The van der Waals surface area contributed by atoms with Crippen LogP contribution >= 0.6 is 15.9 Å².